The Morgan fingerprint density at radius 2 is 1.95 bits per heavy atom. The molecule has 0 bridgehead atoms. The van der Waals surface area contributed by atoms with Crippen LogP contribution in [0.1, 0.15) is 11.1 Å². The number of rotatable bonds is 2. The molecule has 0 amide bonds. The van der Waals surface area contributed by atoms with Gasteiger partial charge in [-0.15, -0.1) is 0 Å². The van der Waals surface area contributed by atoms with Gasteiger partial charge in [0.2, 0.25) is 0 Å². The van der Waals surface area contributed by atoms with E-state index < -0.39 is 5.82 Å². The number of halogens is 2. The van der Waals surface area contributed by atoms with E-state index in [0.29, 0.717) is 5.56 Å². The van der Waals surface area contributed by atoms with Crippen LogP contribution in [0, 0.1) is 17.1 Å². The molecular formula is C14H9ClFN3. The number of nitrogens with two attached hydrogens (primary N) is 1. The molecule has 1 aromatic carbocycles. The maximum atomic E-state index is 13.8. The highest BCUT2D eigenvalue weighted by atomic mass is 35.5. The van der Waals surface area contributed by atoms with E-state index in [0.717, 1.165) is 0 Å². The molecule has 0 saturated carbocycles. The van der Waals surface area contributed by atoms with Gasteiger partial charge in [0, 0.05) is 12.4 Å². The highest BCUT2D eigenvalue weighted by Gasteiger charge is 2.15. The number of benzene rings is 1. The first-order valence-corrected chi connectivity index (χ1v) is 5.77. The fourth-order valence-corrected chi connectivity index (χ4v) is 1.94. The summed E-state index contributed by atoms with van der Waals surface area (Å²) in [5.41, 5.74) is 6.67. The van der Waals surface area contributed by atoms with E-state index in [1.165, 1.54) is 30.6 Å². The summed E-state index contributed by atoms with van der Waals surface area (Å²) in [5.74, 6) is -0.563. The third-order valence-corrected chi connectivity index (χ3v) is 2.90. The van der Waals surface area contributed by atoms with Crippen molar-refractivity contribution in [3.05, 3.63) is 64.7 Å². The Morgan fingerprint density at radius 3 is 2.53 bits per heavy atom. The van der Waals surface area contributed by atoms with Crippen molar-refractivity contribution in [3.8, 4) is 6.07 Å². The van der Waals surface area contributed by atoms with Crippen LogP contribution in [0.3, 0.4) is 0 Å². The van der Waals surface area contributed by atoms with Crippen molar-refractivity contribution in [1.82, 2.24) is 4.98 Å². The Bertz CT molecular complexity index is 655. The van der Waals surface area contributed by atoms with E-state index in [4.69, 9.17) is 17.3 Å². The lowest BCUT2D eigenvalue weighted by molar-refractivity contribution is 0.624. The Labute approximate surface area is 114 Å². The second-order valence-corrected chi connectivity index (χ2v) is 4.14. The smallest absolute Gasteiger partial charge is 0.134 e. The Morgan fingerprint density at radius 1 is 1.26 bits per heavy atom. The lowest BCUT2D eigenvalue weighted by atomic mass is 10.0. The third kappa shape index (κ3) is 2.56. The summed E-state index contributed by atoms with van der Waals surface area (Å²) in [6, 6.07) is 9.47. The normalized spacial score (nSPS) is 11.6. The standard InChI is InChI=1S/C14H9ClFN3/c15-11-2-1-3-12(16)13(11)14(18)10(8-17)9-4-6-19-7-5-9/h1-7H,18H2/b14-10-. The molecule has 0 aliphatic heterocycles. The second-order valence-electron chi connectivity index (χ2n) is 3.73. The van der Waals surface area contributed by atoms with Gasteiger partial charge in [0.25, 0.3) is 0 Å². The first kappa shape index (κ1) is 13.1. The number of hydrogen-bond acceptors (Lipinski definition) is 3. The van der Waals surface area contributed by atoms with Crippen LogP contribution in [0.5, 0.6) is 0 Å². The minimum Gasteiger partial charge on any atom is -0.397 e. The van der Waals surface area contributed by atoms with Crippen LogP contribution >= 0.6 is 11.6 Å². The molecule has 0 unspecified atom stereocenters. The number of allylic oxidation sites excluding steroid dienone is 1. The molecule has 2 rings (SSSR count). The van der Waals surface area contributed by atoms with E-state index in [1.807, 2.05) is 6.07 Å². The molecule has 0 aliphatic rings. The maximum Gasteiger partial charge on any atom is 0.134 e. The quantitative estimate of drug-likeness (QED) is 0.855. The van der Waals surface area contributed by atoms with Crippen LogP contribution < -0.4 is 5.73 Å². The van der Waals surface area contributed by atoms with Gasteiger partial charge in [-0.05, 0) is 29.8 Å². The Kier molecular flexibility index (Phi) is 3.79. The van der Waals surface area contributed by atoms with E-state index in [-0.39, 0.29) is 21.9 Å². The summed E-state index contributed by atoms with van der Waals surface area (Å²) in [6.07, 6.45) is 3.06. The first-order valence-electron chi connectivity index (χ1n) is 5.39. The van der Waals surface area contributed by atoms with E-state index in [2.05, 4.69) is 4.98 Å². The summed E-state index contributed by atoms with van der Waals surface area (Å²) < 4.78 is 13.8. The number of aromatic nitrogens is 1. The highest BCUT2D eigenvalue weighted by molar-refractivity contribution is 6.32. The van der Waals surface area contributed by atoms with Gasteiger partial charge >= 0.3 is 0 Å². The average molecular weight is 274 g/mol. The highest BCUT2D eigenvalue weighted by Crippen LogP contribution is 2.29. The van der Waals surface area contributed by atoms with E-state index in [9.17, 15) is 9.65 Å². The maximum absolute atomic E-state index is 13.8. The minimum atomic E-state index is -0.563. The van der Waals surface area contributed by atoms with Crippen molar-refractivity contribution in [3.63, 3.8) is 0 Å². The van der Waals surface area contributed by atoms with Crippen molar-refractivity contribution < 1.29 is 4.39 Å². The molecule has 0 spiro atoms. The third-order valence-electron chi connectivity index (χ3n) is 2.58. The molecule has 0 saturated heterocycles. The van der Waals surface area contributed by atoms with Gasteiger partial charge in [0.15, 0.2) is 0 Å². The van der Waals surface area contributed by atoms with Gasteiger partial charge in [-0.1, -0.05) is 17.7 Å². The van der Waals surface area contributed by atoms with E-state index >= 15 is 0 Å². The van der Waals surface area contributed by atoms with Crippen LogP contribution in [-0.2, 0) is 0 Å². The number of hydrogen-bond donors (Lipinski definition) is 1. The van der Waals surface area contributed by atoms with Gasteiger partial charge in [-0.3, -0.25) is 4.98 Å². The van der Waals surface area contributed by atoms with Gasteiger partial charge < -0.3 is 5.73 Å². The molecule has 1 heterocycles. The molecule has 2 N–H and O–H groups in total. The topological polar surface area (TPSA) is 62.7 Å². The predicted octanol–water partition coefficient (Wildman–Crippen LogP) is 3.22. The summed E-state index contributed by atoms with van der Waals surface area (Å²) in [5, 5.41) is 9.39. The van der Waals surface area contributed by atoms with Crippen molar-refractivity contribution in [1.29, 1.82) is 5.26 Å². The molecular weight excluding hydrogens is 265 g/mol. The van der Waals surface area contributed by atoms with Crippen LogP contribution in [0.4, 0.5) is 4.39 Å². The fraction of sp³-hybridized carbons (Fsp3) is 0. The van der Waals surface area contributed by atoms with Gasteiger partial charge in [-0.25, -0.2) is 4.39 Å². The molecule has 3 nitrogen and oxygen atoms in total. The number of pyridine rings is 1. The van der Waals surface area contributed by atoms with Crippen LogP contribution in [-0.4, -0.2) is 4.98 Å². The molecule has 0 atom stereocenters. The van der Waals surface area contributed by atoms with E-state index in [1.54, 1.807) is 12.1 Å². The van der Waals surface area contributed by atoms with Crippen molar-refractivity contribution in [2.75, 3.05) is 0 Å². The number of nitriles is 1. The zero-order chi connectivity index (χ0) is 13.8. The van der Waals surface area contributed by atoms with Crippen molar-refractivity contribution in [2.45, 2.75) is 0 Å². The summed E-state index contributed by atoms with van der Waals surface area (Å²) in [4.78, 5) is 3.86. The zero-order valence-electron chi connectivity index (χ0n) is 9.77. The molecule has 19 heavy (non-hydrogen) atoms. The molecule has 0 fully saturated rings. The lowest BCUT2D eigenvalue weighted by Gasteiger charge is -2.09. The summed E-state index contributed by atoms with van der Waals surface area (Å²) >= 11 is 5.94. The largest absolute Gasteiger partial charge is 0.397 e. The number of nitrogens with zero attached hydrogens (tertiary/aromatic N) is 2. The van der Waals surface area contributed by atoms with Crippen molar-refractivity contribution >= 4 is 22.9 Å². The molecule has 0 radical (unpaired) electrons. The molecule has 2 aromatic rings. The van der Waals surface area contributed by atoms with Gasteiger partial charge in [-0.2, -0.15) is 5.26 Å². The molecule has 1 aromatic heterocycles. The van der Waals surface area contributed by atoms with Crippen LogP contribution in [0.15, 0.2) is 42.7 Å². The van der Waals surface area contributed by atoms with Crippen LogP contribution in [0.2, 0.25) is 5.02 Å². The molecule has 5 heteroatoms. The predicted molar refractivity (Wildman–Crippen MR) is 72.3 cm³/mol. The Balaban J connectivity index is 2.67. The van der Waals surface area contributed by atoms with Crippen LogP contribution in [0.25, 0.3) is 11.3 Å². The fourth-order valence-electron chi connectivity index (χ4n) is 1.68. The summed E-state index contributed by atoms with van der Waals surface area (Å²) in [6.45, 7) is 0. The first-order chi connectivity index (χ1) is 9.15. The lowest BCUT2D eigenvalue weighted by Crippen LogP contribution is -2.04. The molecule has 94 valence electrons. The molecule has 0 aliphatic carbocycles. The summed E-state index contributed by atoms with van der Waals surface area (Å²) in [7, 11) is 0. The van der Waals surface area contributed by atoms with Gasteiger partial charge in [0.1, 0.15) is 11.9 Å². The zero-order valence-corrected chi connectivity index (χ0v) is 10.5. The van der Waals surface area contributed by atoms with Crippen molar-refractivity contribution in [2.24, 2.45) is 5.73 Å². The second kappa shape index (κ2) is 5.51. The average Bonchev–Trinajstić information content (AvgIpc) is 2.40. The SMILES string of the molecule is N#C/C(=C(/N)c1c(F)cccc1Cl)c1ccncc1. The van der Waals surface area contributed by atoms with Gasteiger partial charge in [0.05, 0.1) is 21.9 Å². The minimum absolute atomic E-state index is 0.0109. The monoisotopic (exact) mass is 273 g/mol. The Hall–Kier alpha value is -2.38.